The molecule has 2 aromatic heterocycles. The molecule has 0 unspecified atom stereocenters. The molecule has 1 aliphatic rings. The Hall–Kier alpha value is -2.54. The molecule has 0 aliphatic carbocycles. The van der Waals surface area contributed by atoms with Gasteiger partial charge in [-0.05, 0) is 23.6 Å². The summed E-state index contributed by atoms with van der Waals surface area (Å²) >= 11 is 1.43. The molecule has 0 radical (unpaired) electrons. The minimum atomic E-state index is -0.416. The quantitative estimate of drug-likeness (QED) is 0.860. The van der Waals surface area contributed by atoms with Crippen LogP contribution in [-0.2, 0) is 0 Å². The lowest BCUT2D eigenvalue weighted by atomic mass is 10.2. The third-order valence-electron chi connectivity index (χ3n) is 3.14. The standard InChI is InChI=1S/C14H11N3O3S/c18-12(9-3-7-21-8-9)16-5-6-17-13(19)10-2-1-4-15-11(10)14(17)20/h1-4,7-8H,5-6H2,(H,16,18). The Labute approximate surface area is 124 Å². The minimum absolute atomic E-state index is 0.129. The number of imide groups is 1. The van der Waals surface area contributed by atoms with E-state index in [-0.39, 0.29) is 30.6 Å². The van der Waals surface area contributed by atoms with Gasteiger partial charge in [-0.25, -0.2) is 0 Å². The van der Waals surface area contributed by atoms with Gasteiger partial charge in [0, 0.05) is 30.2 Å². The monoisotopic (exact) mass is 301 g/mol. The predicted molar refractivity (Wildman–Crippen MR) is 76.3 cm³/mol. The molecule has 1 N–H and O–H groups in total. The van der Waals surface area contributed by atoms with E-state index >= 15 is 0 Å². The molecular formula is C14H11N3O3S. The van der Waals surface area contributed by atoms with Crippen molar-refractivity contribution in [2.75, 3.05) is 13.1 Å². The van der Waals surface area contributed by atoms with Crippen LogP contribution in [0.4, 0.5) is 0 Å². The van der Waals surface area contributed by atoms with Crippen molar-refractivity contribution in [3.8, 4) is 0 Å². The Morgan fingerprint density at radius 1 is 1.29 bits per heavy atom. The molecule has 0 aromatic carbocycles. The fourth-order valence-electron chi connectivity index (χ4n) is 2.09. The zero-order valence-corrected chi connectivity index (χ0v) is 11.7. The first-order valence-corrected chi connectivity index (χ1v) is 7.24. The van der Waals surface area contributed by atoms with E-state index in [4.69, 9.17) is 0 Å². The second-order valence-electron chi connectivity index (χ2n) is 4.43. The van der Waals surface area contributed by atoms with Crippen LogP contribution in [0, 0.1) is 0 Å². The summed E-state index contributed by atoms with van der Waals surface area (Å²) in [7, 11) is 0. The summed E-state index contributed by atoms with van der Waals surface area (Å²) < 4.78 is 0. The smallest absolute Gasteiger partial charge is 0.280 e. The van der Waals surface area contributed by atoms with E-state index in [0.29, 0.717) is 11.1 Å². The lowest BCUT2D eigenvalue weighted by Crippen LogP contribution is -2.38. The number of pyridine rings is 1. The number of nitrogens with one attached hydrogen (secondary N) is 1. The zero-order valence-electron chi connectivity index (χ0n) is 10.9. The maximum Gasteiger partial charge on any atom is 0.280 e. The number of fused-ring (bicyclic) bond motifs is 1. The fraction of sp³-hybridized carbons (Fsp3) is 0.143. The minimum Gasteiger partial charge on any atom is -0.350 e. The molecule has 106 valence electrons. The molecule has 0 saturated carbocycles. The van der Waals surface area contributed by atoms with Gasteiger partial charge in [0.15, 0.2) is 0 Å². The first kappa shape index (κ1) is 13.4. The van der Waals surface area contributed by atoms with Gasteiger partial charge in [0.1, 0.15) is 5.69 Å². The van der Waals surface area contributed by atoms with Crippen LogP contribution >= 0.6 is 11.3 Å². The highest BCUT2D eigenvalue weighted by Gasteiger charge is 2.36. The van der Waals surface area contributed by atoms with Crippen molar-refractivity contribution in [1.29, 1.82) is 0 Å². The molecule has 0 bridgehead atoms. The zero-order chi connectivity index (χ0) is 14.8. The van der Waals surface area contributed by atoms with Crippen molar-refractivity contribution in [3.63, 3.8) is 0 Å². The molecule has 3 rings (SSSR count). The van der Waals surface area contributed by atoms with Crippen molar-refractivity contribution in [2.45, 2.75) is 0 Å². The summed E-state index contributed by atoms with van der Waals surface area (Å²) in [5.41, 5.74) is 1.06. The molecule has 0 atom stereocenters. The number of nitrogens with zero attached hydrogens (tertiary/aromatic N) is 2. The van der Waals surface area contributed by atoms with E-state index in [2.05, 4.69) is 10.3 Å². The average molecular weight is 301 g/mol. The highest BCUT2D eigenvalue weighted by Crippen LogP contribution is 2.19. The molecule has 6 nitrogen and oxygen atoms in total. The highest BCUT2D eigenvalue weighted by molar-refractivity contribution is 7.08. The molecule has 1 aliphatic heterocycles. The van der Waals surface area contributed by atoms with Crippen molar-refractivity contribution in [3.05, 3.63) is 52.0 Å². The van der Waals surface area contributed by atoms with Crippen LogP contribution in [-0.4, -0.2) is 40.7 Å². The molecule has 3 amide bonds. The predicted octanol–water partition coefficient (Wildman–Crippen LogP) is 1.17. The molecular weight excluding hydrogens is 290 g/mol. The van der Waals surface area contributed by atoms with E-state index in [0.717, 1.165) is 4.90 Å². The van der Waals surface area contributed by atoms with Crippen molar-refractivity contribution in [2.24, 2.45) is 0 Å². The van der Waals surface area contributed by atoms with E-state index in [1.54, 1.807) is 23.6 Å². The van der Waals surface area contributed by atoms with Crippen LogP contribution in [0.1, 0.15) is 31.2 Å². The number of hydrogen-bond acceptors (Lipinski definition) is 5. The van der Waals surface area contributed by atoms with Crippen molar-refractivity contribution >= 4 is 29.1 Å². The molecule has 0 saturated heterocycles. The lowest BCUT2D eigenvalue weighted by Gasteiger charge is -2.13. The van der Waals surface area contributed by atoms with Gasteiger partial charge in [0.25, 0.3) is 17.7 Å². The number of hydrogen-bond donors (Lipinski definition) is 1. The van der Waals surface area contributed by atoms with Crippen LogP contribution in [0.25, 0.3) is 0 Å². The van der Waals surface area contributed by atoms with E-state index in [1.165, 1.54) is 17.5 Å². The molecule has 3 heterocycles. The molecule has 7 heteroatoms. The largest absolute Gasteiger partial charge is 0.350 e. The Balaban J connectivity index is 1.61. The maximum absolute atomic E-state index is 12.1. The average Bonchev–Trinajstić information content (AvgIpc) is 3.11. The highest BCUT2D eigenvalue weighted by atomic mass is 32.1. The third-order valence-corrected chi connectivity index (χ3v) is 3.82. The number of carbonyl (C=O) groups excluding carboxylic acids is 3. The van der Waals surface area contributed by atoms with Crippen LogP contribution in [0.15, 0.2) is 35.2 Å². The van der Waals surface area contributed by atoms with E-state index < -0.39 is 5.91 Å². The Kier molecular flexibility index (Phi) is 3.49. The Bertz CT molecular complexity index is 677. The SMILES string of the molecule is O=C(NCCN1C(=O)c2cccnc2C1=O)c1ccsc1. The summed E-state index contributed by atoms with van der Waals surface area (Å²) in [5.74, 6) is -1.00. The number of rotatable bonds is 4. The second-order valence-corrected chi connectivity index (χ2v) is 5.21. The maximum atomic E-state index is 12.1. The van der Waals surface area contributed by atoms with Crippen LogP contribution in [0.2, 0.25) is 0 Å². The lowest BCUT2D eigenvalue weighted by molar-refractivity contribution is 0.0648. The summed E-state index contributed by atoms with van der Waals surface area (Å²) in [6.45, 7) is 0.337. The van der Waals surface area contributed by atoms with E-state index in [9.17, 15) is 14.4 Å². The summed E-state index contributed by atoms with van der Waals surface area (Å²) in [6.07, 6.45) is 1.48. The van der Waals surface area contributed by atoms with Gasteiger partial charge >= 0.3 is 0 Å². The topological polar surface area (TPSA) is 79.4 Å². The number of amides is 3. The number of carbonyl (C=O) groups is 3. The van der Waals surface area contributed by atoms with Crippen LogP contribution in [0.5, 0.6) is 0 Å². The van der Waals surface area contributed by atoms with Crippen molar-refractivity contribution in [1.82, 2.24) is 15.2 Å². The van der Waals surface area contributed by atoms with Crippen LogP contribution in [0.3, 0.4) is 0 Å². The summed E-state index contributed by atoms with van der Waals surface area (Å²) in [4.78, 5) is 40.9. The van der Waals surface area contributed by atoms with Gasteiger partial charge in [-0.2, -0.15) is 11.3 Å². The Morgan fingerprint density at radius 2 is 2.14 bits per heavy atom. The van der Waals surface area contributed by atoms with Gasteiger partial charge < -0.3 is 5.32 Å². The van der Waals surface area contributed by atoms with Gasteiger partial charge in [0.05, 0.1) is 5.56 Å². The van der Waals surface area contributed by atoms with Gasteiger partial charge in [-0.3, -0.25) is 24.3 Å². The Morgan fingerprint density at radius 3 is 2.86 bits per heavy atom. The molecule has 0 fully saturated rings. The first-order valence-electron chi connectivity index (χ1n) is 6.30. The van der Waals surface area contributed by atoms with Crippen molar-refractivity contribution < 1.29 is 14.4 Å². The molecule has 0 spiro atoms. The fourth-order valence-corrected chi connectivity index (χ4v) is 2.73. The summed E-state index contributed by atoms with van der Waals surface area (Å²) in [6, 6.07) is 4.91. The van der Waals surface area contributed by atoms with Gasteiger partial charge in [-0.1, -0.05) is 0 Å². The molecule has 21 heavy (non-hydrogen) atoms. The van der Waals surface area contributed by atoms with E-state index in [1.807, 2.05) is 5.38 Å². The van der Waals surface area contributed by atoms with Gasteiger partial charge in [0.2, 0.25) is 0 Å². The number of thiophene rings is 1. The normalized spacial score (nSPS) is 13.4. The number of aromatic nitrogens is 1. The summed E-state index contributed by atoms with van der Waals surface area (Å²) in [5, 5.41) is 6.23. The molecule has 2 aromatic rings. The second kappa shape index (κ2) is 5.45. The first-order chi connectivity index (χ1) is 10.2. The van der Waals surface area contributed by atoms with Crippen LogP contribution < -0.4 is 5.32 Å². The third kappa shape index (κ3) is 2.43. The van der Waals surface area contributed by atoms with Gasteiger partial charge in [-0.15, -0.1) is 0 Å².